The summed E-state index contributed by atoms with van der Waals surface area (Å²) in [6, 6.07) is 10.2. The van der Waals surface area contributed by atoms with Crippen molar-refractivity contribution in [2.45, 2.75) is 51.6 Å². The SMILES string of the molecule is CCCCN1CCC(OC(=O)CC)(c2ccccc2)CC1. The molecule has 0 N–H and O–H groups in total. The maximum Gasteiger partial charge on any atom is 0.306 e. The number of benzene rings is 1. The van der Waals surface area contributed by atoms with Gasteiger partial charge in [-0.3, -0.25) is 4.79 Å². The smallest absolute Gasteiger partial charge is 0.306 e. The van der Waals surface area contributed by atoms with E-state index in [9.17, 15) is 4.79 Å². The molecule has 1 fully saturated rings. The molecular formula is C18H27NO2. The van der Waals surface area contributed by atoms with E-state index < -0.39 is 5.60 Å². The molecule has 3 heteroatoms. The number of carbonyl (C=O) groups excluding carboxylic acids is 1. The molecule has 1 aliphatic heterocycles. The van der Waals surface area contributed by atoms with E-state index >= 15 is 0 Å². The van der Waals surface area contributed by atoms with Crippen molar-refractivity contribution in [1.29, 1.82) is 0 Å². The van der Waals surface area contributed by atoms with E-state index in [0.717, 1.165) is 38.0 Å². The summed E-state index contributed by atoms with van der Waals surface area (Å²) in [5, 5.41) is 0. The zero-order valence-electron chi connectivity index (χ0n) is 13.3. The van der Waals surface area contributed by atoms with E-state index in [1.165, 1.54) is 12.8 Å². The van der Waals surface area contributed by atoms with Crippen LogP contribution in [0.5, 0.6) is 0 Å². The second kappa shape index (κ2) is 7.60. The van der Waals surface area contributed by atoms with Crippen LogP contribution in [-0.2, 0) is 15.1 Å². The summed E-state index contributed by atoms with van der Waals surface area (Å²) in [6.45, 7) is 7.25. The van der Waals surface area contributed by atoms with Crippen LogP contribution >= 0.6 is 0 Å². The monoisotopic (exact) mass is 289 g/mol. The number of ether oxygens (including phenoxy) is 1. The van der Waals surface area contributed by atoms with Crippen LogP contribution in [0.1, 0.15) is 51.5 Å². The Kier molecular flexibility index (Phi) is 5.80. The zero-order valence-corrected chi connectivity index (χ0v) is 13.3. The van der Waals surface area contributed by atoms with Crippen LogP contribution in [0.15, 0.2) is 30.3 Å². The van der Waals surface area contributed by atoms with Gasteiger partial charge in [0.1, 0.15) is 5.60 Å². The van der Waals surface area contributed by atoms with E-state index in [1.807, 2.05) is 25.1 Å². The topological polar surface area (TPSA) is 29.5 Å². The fourth-order valence-electron chi connectivity index (χ4n) is 3.00. The number of likely N-dealkylation sites (tertiary alicyclic amines) is 1. The number of piperidine rings is 1. The number of carbonyl (C=O) groups is 1. The lowest BCUT2D eigenvalue weighted by Crippen LogP contribution is -2.45. The average Bonchev–Trinajstić information content (AvgIpc) is 2.55. The number of rotatable bonds is 6. The Morgan fingerprint density at radius 2 is 1.86 bits per heavy atom. The molecule has 1 aromatic rings. The summed E-state index contributed by atoms with van der Waals surface area (Å²) < 4.78 is 5.90. The summed E-state index contributed by atoms with van der Waals surface area (Å²) in [5.41, 5.74) is 0.721. The highest BCUT2D eigenvalue weighted by molar-refractivity contribution is 5.69. The van der Waals surface area contributed by atoms with E-state index in [-0.39, 0.29) is 5.97 Å². The summed E-state index contributed by atoms with van der Waals surface area (Å²) in [5.74, 6) is -0.0964. The van der Waals surface area contributed by atoms with Crippen molar-refractivity contribution in [3.05, 3.63) is 35.9 Å². The zero-order chi connectivity index (χ0) is 15.1. The minimum Gasteiger partial charge on any atom is -0.454 e. The van der Waals surface area contributed by atoms with Gasteiger partial charge >= 0.3 is 5.97 Å². The fourth-order valence-corrected chi connectivity index (χ4v) is 3.00. The summed E-state index contributed by atoms with van der Waals surface area (Å²) >= 11 is 0. The molecule has 1 aromatic carbocycles. The number of esters is 1. The van der Waals surface area contributed by atoms with Gasteiger partial charge in [0.15, 0.2) is 0 Å². The third kappa shape index (κ3) is 4.07. The van der Waals surface area contributed by atoms with Crippen LogP contribution < -0.4 is 0 Å². The maximum absolute atomic E-state index is 11.9. The fraction of sp³-hybridized carbons (Fsp3) is 0.611. The van der Waals surface area contributed by atoms with Crippen LogP contribution in [-0.4, -0.2) is 30.5 Å². The van der Waals surface area contributed by atoms with Gasteiger partial charge in [-0.1, -0.05) is 50.6 Å². The number of hydrogen-bond acceptors (Lipinski definition) is 3. The van der Waals surface area contributed by atoms with Gasteiger partial charge in [0, 0.05) is 32.4 Å². The van der Waals surface area contributed by atoms with Crippen LogP contribution in [0.4, 0.5) is 0 Å². The first-order valence-electron chi connectivity index (χ1n) is 8.20. The van der Waals surface area contributed by atoms with Crippen LogP contribution in [0.3, 0.4) is 0 Å². The maximum atomic E-state index is 11.9. The van der Waals surface area contributed by atoms with Gasteiger partial charge in [-0.05, 0) is 18.5 Å². The van der Waals surface area contributed by atoms with Crippen molar-refractivity contribution in [3.8, 4) is 0 Å². The van der Waals surface area contributed by atoms with E-state index in [1.54, 1.807) is 0 Å². The molecule has 0 unspecified atom stereocenters. The van der Waals surface area contributed by atoms with E-state index in [0.29, 0.717) is 6.42 Å². The molecule has 3 nitrogen and oxygen atoms in total. The molecule has 0 atom stereocenters. The summed E-state index contributed by atoms with van der Waals surface area (Å²) in [6.07, 6.45) is 4.70. The third-order valence-corrected chi connectivity index (χ3v) is 4.39. The molecule has 0 aliphatic carbocycles. The standard InChI is InChI=1S/C18H27NO2/c1-3-5-13-19-14-11-18(12-15-19,21-17(20)4-2)16-9-7-6-8-10-16/h6-10H,3-5,11-15H2,1-2H3. The minimum atomic E-state index is -0.420. The molecule has 1 heterocycles. The van der Waals surface area contributed by atoms with Crippen molar-refractivity contribution in [2.24, 2.45) is 0 Å². The lowest BCUT2D eigenvalue weighted by Gasteiger charge is -2.41. The largest absolute Gasteiger partial charge is 0.454 e. The highest BCUT2D eigenvalue weighted by Gasteiger charge is 2.39. The lowest BCUT2D eigenvalue weighted by atomic mass is 9.84. The second-order valence-electron chi connectivity index (χ2n) is 5.88. The van der Waals surface area contributed by atoms with Gasteiger partial charge in [0.25, 0.3) is 0 Å². The first kappa shape index (κ1) is 16.0. The Balaban J connectivity index is 2.10. The molecule has 1 saturated heterocycles. The molecule has 116 valence electrons. The highest BCUT2D eigenvalue weighted by Crippen LogP contribution is 2.37. The van der Waals surface area contributed by atoms with Gasteiger partial charge in [-0.15, -0.1) is 0 Å². The molecule has 21 heavy (non-hydrogen) atoms. The van der Waals surface area contributed by atoms with Gasteiger partial charge in [-0.25, -0.2) is 0 Å². The molecule has 0 amide bonds. The van der Waals surface area contributed by atoms with Crippen LogP contribution in [0, 0.1) is 0 Å². The Morgan fingerprint density at radius 1 is 1.19 bits per heavy atom. The van der Waals surface area contributed by atoms with Gasteiger partial charge in [-0.2, -0.15) is 0 Å². The molecule has 0 spiro atoms. The predicted molar refractivity (Wildman–Crippen MR) is 85.1 cm³/mol. The lowest BCUT2D eigenvalue weighted by molar-refractivity contribution is -0.166. The molecule has 0 radical (unpaired) electrons. The normalized spacial score (nSPS) is 18.4. The van der Waals surface area contributed by atoms with Crippen molar-refractivity contribution >= 4 is 5.97 Å². The first-order chi connectivity index (χ1) is 10.2. The number of hydrogen-bond donors (Lipinski definition) is 0. The second-order valence-corrected chi connectivity index (χ2v) is 5.88. The molecule has 2 rings (SSSR count). The molecule has 0 bridgehead atoms. The third-order valence-electron chi connectivity index (χ3n) is 4.39. The van der Waals surface area contributed by atoms with Crippen molar-refractivity contribution in [3.63, 3.8) is 0 Å². The Labute approximate surface area is 128 Å². The first-order valence-corrected chi connectivity index (χ1v) is 8.20. The van der Waals surface area contributed by atoms with Crippen LogP contribution in [0.25, 0.3) is 0 Å². The Morgan fingerprint density at radius 3 is 2.43 bits per heavy atom. The summed E-state index contributed by atoms with van der Waals surface area (Å²) in [7, 11) is 0. The van der Waals surface area contributed by atoms with Gasteiger partial charge < -0.3 is 9.64 Å². The molecular weight excluding hydrogens is 262 g/mol. The quantitative estimate of drug-likeness (QED) is 0.747. The van der Waals surface area contributed by atoms with Crippen molar-refractivity contribution in [1.82, 2.24) is 4.90 Å². The Bertz CT molecular complexity index is 436. The van der Waals surface area contributed by atoms with Crippen molar-refractivity contribution < 1.29 is 9.53 Å². The summed E-state index contributed by atoms with van der Waals surface area (Å²) in [4.78, 5) is 14.4. The number of nitrogens with zero attached hydrogens (tertiary/aromatic N) is 1. The van der Waals surface area contributed by atoms with Gasteiger partial charge in [0.05, 0.1) is 0 Å². The van der Waals surface area contributed by atoms with E-state index in [4.69, 9.17) is 4.74 Å². The van der Waals surface area contributed by atoms with Crippen LogP contribution in [0.2, 0.25) is 0 Å². The van der Waals surface area contributed by atoms with Crippen molar-refractivity contribution in [2.75, 3.05) is 19.6 Å². The molecule has 0 aromatic heterocycles. The predicted octanol–water partition coefficient (Wildman–Crippen LogP) is 3.73. The molecule has 0 saturated carbocycles. The van der Waals surface area contributed by atoms with E-state index in [2.05, 4.69) is 24.0 Å². The highest BCUT2D eigenvalue weighted by atomic mass is 16.6. The minimum absolute atomic E-state index is 0.0964. The van der Waals surface area contributed by atoms with Gasteiger partial charge in [0.2, 0.25) is 0 Å². The average molecular weight is 289 g/mol. The Hall–Kier alpha value is -1.35. The molecule has 1 aliphatic rings. The number of unbranched alkanes of at least 4 members (excludes halogenated alkanes) is 1.